The van der Waals surface area contributed by atoms with Gasteiger partial charge in [0.1, 0.15) is 0 Å². The molecular formula is C12H25NO4S. The lowest BCUT2D eigenvalue weighted by atomic mass is 9.83. The molecule has 6 heteroatoms. The fourth-order valence-corrected chi connectivity index (χ4v) is 3.64. The molecule has 5 nitrogen and oxygen atoms in total. The predicted octanol–water partition coefficient (Wildman–Crippen LogP) is 1.03. The average molecular weight is 279 g/mol. The molecule has 0 aromatic carbocycles. The Kier molecular flexibility index (Phi) is 6.04. The highest BCUT2D eigenvalue weighted by Crippen LogP contribution is 2.28. The molecule has 0 bridgehead atoms. The third kappa shape index (κ3) is 5.22. The molecule has 0 radical (unpaired) electrons. The number of hydrogen-bond acceptors (Lipinski definition) is 4. The zero-order valence-corrected chi connectivity index (χ0v) is 12.1. The average Bonchev–Trinajstić information content (AvgIpc) is 2.28. The van der Waals surface area contributed by atoms with Gasteiger partial charge in [-0.05, 0) is 26.7 Å². The molecule has 18 heavy (non-hydrogen) atoms. The summed E-state index contributed by atoms with van der Waals surface area (Å²) < 4.78 is 31.8. The first-order valence-electron chi connectivity index (χ1n) is 6.63. The zero-order chi connectivity index (χ0) is 13.6. The van der Waals surface area contributed by atoms with Crippen LogP contribution in [0.3, 0.4) is 0 Å². The van der Waals surface area contributed by atoms with Gasteiger partial charge in [-0.1, -0.05) is 19.3 Å². The summed E-state index contributed by atoms with van der Waals surface area (Å²) in [5.74, 6) is -0.0487. The van der Waals surface area contributed by atoms with Crippen LogP contribution in [0.4, 0.5) is 0 Å². The quantitative estimate of drug-likeness (QED) is 0.730. The van der Waals surface area contributed by atoms with Crippen LogP contribution in [-0.2, 0) is 14.8 Å². The molecule has 2 N–H and O–H groups in total. The number of nitrogens with one attached hydrogen (secondary N) is 1. The van der Waals surface area contributed by atoms with E-state index in [0.29, 0.717) is 12.8 Å². The van der Waals surface area contributed by atoms with Crippen LogP contribution in [-0.4, -0.2) is 44.1 Å². The van der Waals surface area contributed by atoms with Crippen LogP contribution >= 0.6 is 0 Å². The normalized spacial score (nSPS) is 20.2. The highest BCUT2D eigenvalue weighted by atomic mass is 32.2. The molecule has 1 aliphatic rings. The minimum absolute atomic E-state index is 0.0293. The largest absolute Gasteiger partial charge is 0.394 e. The number of aliphatic hydroxyl groups excluding tert-OH is 1. The lowest BCUT2D eigenvalue weighted by Gasteiger charge is -2.36. The summed E-state index contributed by atoms with van der Waals surface area (Å²) in [4.78, 5) is 0. The van der Waals surface area contributed by atoms with E-state index in [2.05, 4.69) is 4.72 Å². The van der Waals surface area contributed by atoms with Crippen molar-refractivity contribution in [3.8, 4) is 0 Å². The molecule has 0 amide bonds. The molecule has 0 saturated heterocycles. The number of ether oxygens (including phenoxy) is 1. The molecule has 0 atom stereocenters. The third-order valence-corrected chi connectivity index (χ3v) is 4.74. The number of hydrogen-bond donors (Lipinski definition) is 2. The molecule has 1 aliphatic carbocycles. The van der Waals surface area contributed by atoms with Crippen molar-refractivity contribution < 1.29 is 18.3 Å². The first kappa shape index (κ1) is 15.9. The summed E-state index contributed by atoms with van der Waals surface area (Å²) in [5.41, 5.74) is -0.644. The van der Waals surface area contributed by atoms with Crippen LogP contribution in [0.2, 0.25) is 0 Å². The molecule has 1 rings (SSSR count). The van der Waals surface area contributed by atoms with Gasteiger partial charge in [0.2, 0.25) is 10.0 Å². The Morgan fingerprint density at radius 1 is 1.28 bits per heavy atom. The Labute approximate surface area is 110 Å². The molecule has 0 aromatic rings. The fraction of sp³-hybridized carbons (Fsp3) is 1.00. The first-order chi connectivity index (χ1) is 8.39. The highest BCUT2D eigenvalue weighted by molar-refractivity contribution is 7.89. The maximum absolute atomic E-state index is 11.9. The van der Waals surface area contributed by atoms with Crippen molar-refractivity contribution in [2.45, 2.75) is 57.6 Å². The van der Waals surface area contributed by atoms with Crippen LogP contribution < -0.4 is 4.72 Å². The summed E-state index contributed by atoms with van der Waals surface area (Å²) in [6.07, 6.45) is 4.50. The topological polar surface area (TPSA) is 75.6 Å². The predicted molar refractivity (Wildman–Crippen MR) is 70.9 cm³/mol. The summed E-state index contributed by atoms with van der Waals surface area (Å²) in [5, 5.41) is 9.46. The van der Waals surface area contributed by atoms with E-state index in [0.717, 1.165) is 19.3 Å². The van der Waals surface area contributed by atoms with Gasteiger partial charge in [0.05, 0.1) is 30.6 Å². The van der Waals surface area contributed by atoms with Gasteiger partial charge in [0, 0.05) is 0 Å². The Hall–Kier alpha value is -0.170. The summed E-state index contributed by atoms with van der Waals surface area (Å²) in [6, 6.07) is 0. The van der Waals surface area contributed by atoms with Crippen LogP contribution in [0.15, 0.2) is 0 Å². The Morgan fingerprint density at radius 3 is 2.39 bits per heavy atom. The van der Waals surface area contributed by atoms with Crippen LogP contribution in [0, 0.1) is 0 Å². The van der Waals surface area contributed by atoms with Crippen LogP contribution in [0.25, 0.3) is 0 Å². The Morgan fingerprint density at radius 2 is 1.89 bits per heavy atom. The third-order valence-electron chi connectivity index (χ3n) is 3.29. The van der Waals surface area contributed by atoms with Gasteiger partial charge < -0.3 is 9.84 Å². The lowest BCUT2D eigenvalue weighted by Crippen LogP contribution is -2.53. The van der Waals surface area contributed by atoms with Gasteiger partial charge >= 0.3 is 0 Å². The fourth-order valence-electron chi connectivity index (χ4n) is 2.30. The van der Waals surface area contributed by atoms with E-state index >= 15 is 0 Å². The lowest BCUT2D eigenvalue weighted by molar-refractivity contribution is 0.0905. The molecule has 108 valence electrons. The van der Waals surface area contributed by atoms with Crippen molar-refractivity contribution in [2.24, 2.45) is 0 Å². The van der Waals surface area contributed by atoms with E-state index in [-0.39, 0.29) is 25.1 Å². The van der Waals surface area contributed by atoms with Gasteiger partial charge in [-0.25, -0.2) is 13.1 Å². The molecule has 0 unspecified atom stereocenters. The molecule has 0 spiro atoms. The van der Waals surface area contributed by atoms with Crippen molar-refractivity contribution in [1.82, 2.24) is 4.72 Å². The minimum atomic E-state index is -3.38. The van der Waals surface area contributed by atoms with E-state index in [1.165, 1.54) is 0 Å². The minimum Gasteiger partial charge on any atom is -0.394 e. The molecule has 0 aliphatic heterocycles. The van der Waals surface area contributed by atoms with Crippen molar-refractivity contribution in [1.29, 1.82) is 0 Å². The Balaban J connectivity index is 2.51. The summed E-state index contributed by atoms with van der Waals surface area (Å²) in [6.45, 7) is 3.80. The SMILES string of the molecule is CC(C)OCCS(=O)(=O)NC1(CO)CCCCC1. The van der Waals surface area contributed by atoms with E-state index in [9.17, 15) is 13.5 Å². The second-order valence-electron chi connectivity index (χ2n) is 5.34. The van der Waals surface area contributed by atoms with Crippen molar-refractivity contribution in [3.63, 3.8) is 0 Å². The second kappa shape index (κ2) is 6.84. The maximum atomic E-state index is 11.9. The van der Waals surface area contributed by atoms with Gasteiger partial charge in [0.15, 0.2) is 0 Å². The van der Waals surface area contributed by atoms with Gasteiger partial charge in [-0.15, -0.1) is 0 Å². The molecule has 1 fully saturated rings. The standard InChI is InChI=1S/C12H25NO4S/c1-11(2)17-8-9-18(15,16)13-12(10-14)6-4-3-5-7-12/h11,13-14H,3-10H2,1-2H3. The Bertz CT molecular complexity index is 334. The summed E-state index contributed by atoms with van der Waals surface area (Å²) in [7, 11) is -3.38. The van der Waals surface area contributed by atoms with E-state index in [4.69, 9.17) is 4.74 Å². The highest BCUT2D eigenvalue weighted by Gasteiger charge is 2.35. The van der Waals surface area contributed by atoms with Gasteiger partial charge in [0.25, 0.3) is 0 Å². The second-order valence-corrected chi connectivity index (χ2v) is 7.18. The van der Waals surface area contributed by atoms with Crippen molar-refractivity contribution in [2.75, 3.05) is 19.0 Å². The number of rotatable bonds is 7. The van der Waals surface area contributed by atoms with Gasteiger partial charge in [-0.3, -0.25) is 0 Å². The van der Waals surface area contributed by atoms with Crippen molar-refractivity contribution >= 4 is 10.0 Å². The van der Waals surface area contributed by atoms with E-state index in [1.807, 2.05) is 13.8 Å². The number of sulfonamides is 1. The van der Waals surface area contributed by atoms with Crippen molar-refractivity contribution in [3.05, 3.63) is 0 Å². The molecular weight excluding hydrogens is 254 g/mol. The first-order valence-corrected chi connectivity index (χ1v) is 8.28. The smallest absolute Gasteiger partial charge is 0.214 e. The number of aliphatic hydroxyl groups is 1. The van der Waals surface area contributed by atoms with E-state index in [1.54, 1.807) is 0 Å². The molecule has 1 saturated carbocycles. The maximum Gasteiger partial charge on any atom is 0.214 e. The summed E-state index contributed by atoms with van der Waals surface area (Å²) >= 11 is 0. The monoisotopic (exact) mass is 279 g/mol. The van der Waals surface area contributed by atoms with Gasteiger partial charge in [-0.2, -0.15) is 0 Å². The molecule has 0 heterocycles. The molecule has 0 aromatic heterocycles. The van der Waals surface area contributed by atoms with Crippen LogP contribution in [0.5, 0.6) is 0 Å². The van der Waals surface area contributed by atoms with E-state index < -0.39 is 15.6 Å². The zero-order valence-electron chi connectivity index (χ0n) is 11.3. The van der Waals surface area contributed by atoms with Crippen LogP contribution in [0.1, 0.15) is 46.0 Å².